The van der Waals surface area contributed by atoms with Crippen molar-refractivity contribution < 1.29 is 9.53 Å². The van der Waals surface area contributed by atoms with Gasteiger partial charge in [0.15, 0.2) is 0 Å². The molecule has 2 fully saturated rings. The van der Waals surface area contributed by atoms with Gasteiger partial charge in [0.2, 0.25) is 5.91 Å². The number of methoxy groups -OCH3 is 1. The maximum Gasteiger partial charge on any atom is 0.226 e. The summed E-state index contributed by atoms with van der Waals surface area (Å²) in [6.45, 7) is 0.623. The number of aromatic nitrogens is 1. The van der Waals surface area contributed by atoms with Gasteiger partial charge < -0.3 is 9.64 Å². The summed E-state index contributed by atoms with van der Waals surface area (Å²) in [6, 6.07) is 7.99. The molecule has 0 aliphatic heterocycles. The molecule has 4 heteroatoms. The quantitative estimate of drug-likeness (QED) is 0.840. The number of nitrogens with zero attached hydrogens (tertiary/aromatic N) is 2. The summed E-state index contributed by atoms with van der Waals surface area (Å²) in [7, 11) is 3.60. The van der Waals surface area contributed by atoms with Crippen molar-refractivity contribution in [2.75, 3.05) is 14.2 Å². The molecule has 0 bridgehead atoms. The summed E-state index contributed by atoms with van der Waals surface area (Å²) >= 11 is 0. The Morgan fingerprint density at radius 2 is 2.08 bits per heavy atom. The van der Waals surface area contributed by atoms with Crippen molar-refractivity contribution in [2.45, 2.75) is 45.1 Å². The Hall–Kier alpha value is -2.10. The minimum atomic E-state index is 0.250. The molecule has 2 aliphatic carbocycles. The molecular formula is C21H26N2O2. The van der Waals surface area contributed by atoms with Crippen LogP contribution in [-0.2, 0) is 11.3 Å². The molecule has 2 saturated carbocycles. The van der Waals surface area contributed by atoms with Crippen LogP contribution in [0.3, 0.4) is 0 Å². The first-order valence-electron chi connectivity index (χ1n) is 9.30. The largest absolute Gasteiger partial charge is 0.494 e. The van der Waals surface area contributed by atoms with E-state index < -0.39 is 0 Å². The highest BCUT2D eigenvalue weighted by Crippen LogP contribution is 2.61. The number of carbonyl (C=O) groups excluding carboxylic acids is 1. The molecule has 1 aromatic heterocycles. The average Bonchev–Trinajstić information content (AvgIpc) is 3.34. The van der Waals surface area contributed by atoms with Crippen molar-refractivity contribution >= 4 is 16.8 Å². The zero-order chi connectivity index (χ0) is 17.4. The van der Waals surface area contributed by atoms with Gasteiger partial charge in [-0.25, -0.2) is 0 Å². The van der Waals surface area contributed by atoms with Gasteiger partial charge in [0, 0.05) is 31.1 Å². The van der Waals surface area contributed by atoms with Crippen molar-refractivity contribution in [1.82, 2.24) is 9.88 Å². The van der Waals surface area contributed by atoms with E-state index >= 15 is 0 Å². The Bertz CT molecular complexity index is 796. The number of pyridine rings is 1. The molecule has 1 spiro atoms. The second-order valence-corrected chi connectivity index (χ2v) is 7.70. The molecule has 1 aromatic carbocycles. The number of ether oxygens (including phenoxy) is 1. The maximum absolute atomic E-state index is 12.9. The number of amides is 1. The normalized spacial score (nSPS) is 21.3. The lowest BCUT2D eigenvalue weighted by Crippen LogP contribution is -2.30. The smallest absolute Gasteiger partial charge is 0.226 e. The fraction of sp³-hybridized carbons (Fsp3) is 0.524. The van der Waals surface area contributed by atoms with E-state index in [0.29, 0.717) is 17.9 Å². The van der Waals surface area contributed by atoms with Crippen molar-refractivity contribution in [2.24, 2.45) is 11.3 Å². The van der Waals surface area contributed by atoms with Gasteiger partial charge >= 0.3 is 0 Å². The van der Waals surface area contributed by atoms with Gasteiger partial charge in [-0.05, 0) is 42.4 Å². The second-order valence-electron chi connectivity index (χ2n) is 7.70. The number of hydrogen-bond acceptors (Lipinski definition) is 3. The highest BCUT2D eigenvalue weighted by molar-refractivity contribution is 5.88. The summed E-state index contributed by atoms with van der Waals surface area (Å²) in [5.41, 5.74) is 2.32. The third-order valence-electron chi connectivity index (χ3n) is 6.16. The van der Waals surface area contributed by atoms with Crippen LogP contribution in [-0.4, -0.2) is 29.9 Å². The average molecular weight is 338 g/mol. The summed E-state index contributed by atoms with van der Waals surface area (Å²) in [5, 5.41) is 1.06. The van der Waals surface area contributed by atoms with Crippen LogP contribution in [0, 0.1) is 11.3 Å². The van der Waals surface area contributed by atoms with Gasteiger partial charge in [-0.15, -0.1) is 0 Å². The van der Waals surface area contributed by atoms with Crippen molar-refractivity contribution in [1.29, 1.82) is 0 Å². The van der Waals surface area contributed by atoms with Crippen LogP contribution >= 0.6 is 0 Å². The molecule has 0 N–H and O–H groups in total. The SMILES string of the molecule is COc1ccc(CN(C)C(=O)[C@H]2CC23CCCCC3)c2cccnc12. The van der Waals surface area contributed by atoms with E-state index in [1.807, 2.05) is 24.1 Å². The standard InChI is InChI=1S/C21H26N2O2/c1-23(20(24)17-13-21(17)10-4-3-5-11-21)14-15-8-9-18(25-2)19-16(15)7-6-12-22-19/h6-9,12,17H,3-5,10-11,13-14H2,1-2H3/t17-/m1/s1. The molecule has 1 atom stereocenters. The fourth-order valence-corrected chi connectivity index (χ4v) is 4.61. The van der Waals surface area contributed by atoms with Crippen molar-refractivity contribution in [3.8, 4) is 5.75 Å². The minimum absolute atomic E-state index is 0.250. The molecule has 2 aliphatic rings. The van der Waals surface area contributed by atoms with E-state index in [2.05, 4.69) is 17.1 Å². The molecule has 0 saturated heterocycles. The Morgan fingerprint density at radius 1 is 1.28 bits per heavy atom. The van der Waals surface area contributed by atoms with Gasteiger partial charge in [0.25, 0.3) is 0 Å². The number of carbonyl (C=O) groups is 1. The lowest BCUT2D eigenvalue weighted by atomic mass is 9.84. The van der Waals surface area contributed by atoms with Gasteiger partial charge in [0.05, 0.1) is 7.11 Å². The van der Waals surface area contributed by atoms with E-state index in [9.17, 15) is 4.79 Å². The number of hydrogen-bond donors (Lipinski definition) is 0. The summed E-state index contributed by atoms with van der Waals surface area (Å²) in [5.74, 6) is 1.34. The number of rotatable bonds is 4. The molecule has 1 amide bonds. The molecule has 4 nitrogen and oxygen atoms in total. The van der Waals surface area contributed by atoms with Crippen LogP contribution < -0.4 is 4.74 Å². The highest BCUT2D eigenvalue weighted by Gasteiger charge is 2.58. The van der Waals surface area contributed by atoms with Gasteiger partial charge in [-0.1, -0.05) is 31.4 Å². The molecule has 2 aromatic rings. The van der Waals surface area contributed by atoms with E-state index in [1.165, 1.54) is 32.1 Å². The van der Waals surface area contributed by atoms with Crippen molar-refractivity contribution in [3.63, 3.8) is 0 Å². The topological polar surface area (TPSA) is 42.4 Å². The van der Waals surface area contributed by atoms with E-state index in [1.54, 1.807) is 13.3 Å². The van der Waals surface area contributed by atoms with Crippen LogP contribution in [0.25, 0.3) is 10.9 Å². The van der Waals surface area contributed by atoms with E-state index in [0.717, 1.165) is 28.6 Å². The summed E-state index contributed by atoms with van der Waals surface area (Å²) < 4.78 is 5.42. The molecule has 0 unspecified atom stereocenters. The monoisotopic (exact) mass is 338 g/mol. The molecule has 25 heavy (non-hydrogen) atoms. The lowest BCUT2D eigenvalue weighted by Gasteiger charge is -2.24. The Morgan fingerprint density at radius 3 is 2.84 bits per heavy atom. The zero-order valence-corrected chi connectivity index (χ0v) is 15.1. The highest BCUT2D eigenvalue weighted by atomic mass is 16.5. The van der Waals surface area contributed by atoms with Gasteiger partial charge in [-0.2, -0.15) is 0 Å². The van der Waals surface area contributed by atoms with E-state index in [4.69, 9.17) is 4.74 Å². The molecule has 1 heterocycles. The number of fused-ring (bicyclic) bond motifs is 1. The Kier molecular flexibility index (Phi) is 4.14. The summed E-state index contributed by atoms with van der Waals surface area (Å²) in [4.78, 5) is 19.3. The molecular weight excluding hydrogens is 312 g/mol. The predicted molar refractivity (Wildman–Crippen MR) is 98.4 cm³/mol. The predicted octanol–water partition coefficient (Wildman–Crippen LogP) is 4.17. The van der Waals surface area contributed by atoms with Crippen LogP contribution in [0.1, 0.15) is 44.1 Å². The maximum atomic E-state index is 12.9. The van der Waals surface area contributed by atoms with Crippen LogP contribution in [0.2, 0.25) is 0 Å². The zero-order valence-electron chi connectivity index (χ0n) is 15.1. The molecule has 4 rings (SSSR count). The molecule has 132 valence electrons. The number of benzene rings is 1. The van der Waals surface area contributed by atoms with E-state index in [-0.39, 0.29) is 5.92 Å². The fourth-order valence-electron chi connectivity index (χ4n) is 4.61. The van der Waals surface area contributed by atoms with Gasteiger partial charge in [0.1, 0.15) is 11.3 Å². The minimum Gasteiger partial charge on any atom is -0.494 e. The van der Waals surface area contributed by atoms with Crippen molar-refractivity contribution in [3.05, 3.63) is 36.0 Å². The Labute approximate surface area is 149 Å². The van der Waals surface area contributed by atoms with Crippen LogP contribution in [0.5, 0.6) is 5.75 Å². The third kappa shape index (κ3) is 2.88. The third-order valence-corrected chi connectivity index (χ3v) is 6.16. The summed E-state index contributed by atoms with van der Waals surface area (Å²) in [6.07, 6.45) is 9.29. The molecule has 0 radical (unpaired) electrons. The van der Waals surface area contributed by atoms with Gasteiger partial charge in [-0.3, -0.25) is 9.78 Å². The first-order chi connectivity index (χ1) is 12.1. The van der Waals surface area contributed by atoms with Crippen LogP contribution in [0.15, 0.2) is 30.5 Å². The lowest BCUT2D eigenvalue weighted by molar-refractivity contribution is -0.132. The second kappa shape index (κ2) is 6.32. The van der Waals surface area contributed by atoms with Crippen LogP contribution in [0.4, 0.5) is 0 Å². The first kappa shape index (κ1) is 16.4. The first-order valence-corrected chi connectivity index (χ1v) is 9.30. The Balaban J connectivity index is 1.52.